The molecule has 19 heavy (non-hydrogen) atoms. The maximum absolute atomic E-state index is 12.2. The van der Waals surface area contributed by atoms with E-state index in [0.29, 0.717) is 0 Å². The van der Waals surface area contributed by atoms with Crippen LogP contribution in [0.4, 0.5) is 0 Å². The maximum atomic E-state index is 12.2. The minimum atomic E-state index is -3.65. The first-order valence-corrected chi connectivity index (χ1v) is 7.98. The number of aryl methyl sites for hydroxylation is 1. The Hall–Kier alpha value is -0.910. The fourth-order valence-corrected chi connectivity index (χ4v) is 3.59. The largest absolute Gasteiger partial charge is 0.306 e. The van der Waals surface area contributed by atoms with E-state index in [1.54, 1.807) is 24.3 Å². The maximum Gasteiger partial charge on any atom is 0.297 e. The predicted molar refractivity (Wildman–Crippen MR) is 74.5 cm³/mol. The zero-order valence-electron chi connectivity index (χ0n) is 11.7. The van der Waals surface area contributed by atoms with E-state index in [2.05, 4.69) is 4.90 Å². The predicted octanol–water partition coefficient (Wildman–Crippen LogP) is 2.04. The fourth-order valence-electron chi connectivity index (χ4n) is 2.40. The molecule has 5 heteroatoms. The van der Waals surface area contributed by atoms with Crippen molar-refractivity contribution in [2.45, 2.75) is 31.3 Å². The summed E-state index contributed by atoms with van der Waals surface area (Å²) in [7, 11) is -1.60. The number of benzene rings is 1. The van der Waals surface area contributed by atoms with E-state index in [9.17, 15) is 8.42 Å². The molecule has 1 fully saturated rings. The van der Waals surface area contributed by atoms with Crippen LogP contribution >= 0.6 is 0 Å². The van der Waals surface area contributed by atoms with Gasteiger partial charge in [-0.15, -0.1) is 0 Å². The summed E-state index contributed by atoms with van der Waals surface area (Å²) in [6, 6.07) is 6.78. The Labute approximate surface area is 115 Å². The summed E-state index contributed by atoms with van der Waals surface area (Å²) in [5.41, 5.74) is 1.03. The van der Waals surface area contributed by atoms with Gasteiger partial charge < -0.3 is 4.90 Å². The molecular weight excluding hydrogens is 262 g/mol. The highest BCUT2D eigenvalue weighted by atomic mass is 32.2. The van der Waals surface area contributed by atoms with Gasteiger partial charge in [0.1, 0.15) is 0 Å². The van der Waals surface area contributed by atoms with Crippen LogP contribution in [0.5, 0.6) is 0 Å². The minimum Gasteiger partial charge on any atom is -0.306 e. The normalized spacial score (nSPS) is 25.4. The van der Waals surface area contributed by atoms with Gasteiger partial charge in [0.05, 0.1) is 11.0 Å². The van der Waals surface area contributed by atoms with Gasteiger partial charge in [0.15, 0.2) is 0 Å². The van der Waals surface area contributed by atoms with Crippen LogP contribution in [0.25, 0.3) is 0 Å². The van der Waals surface area contributed by atoms with E-state index in [0.717, 1.165) is 25.1 Å². The molecule has 0 aliphatic carbocycles. The van der Waals surface area contributed by atoms with Crippen LogP contribution in [-0.2, 0) is 14.3 Å². The first-order chi connectivity index (χ1) is 8.88. The molecule has 0 unspecified atom stereocenters. The molecule has 1 aliphatic heterocycles. The standard InChI is InChI=1S/C14H21NO3S/c1-11-4-6-13(7-5-11)19(16,17)18-14-8-9-15(3)10-12(14)2/h4-7,12,14H,8-10H2,1-3H3/t12-,14+/m1/s1. The van der Waals surface area contributed by atoms with Crippen molar-refractivity contribution in [3.8, 4) is 0 Å². The summed E-state index contributed by atoms with van der Waals surface area (Å²) in [5, 5.41) is 0. The van der Waals surface area contributed by atoms with Crippen molar-refractivity contribution in [3.63, 3.8) is 0 Å². The fraction of sp³-hybridized carbons (Fsp3) is 0.571. The van der Waals surface area contributed by atoms with Gasteiger partial charge >= 0.3 is 0 Å². The van der Waals surface area contributed by atoms with E-state index >= 15 is 0 Å². The van der Waals surface area contributed by atoms with E-state index < -0.39 is 10.1 Å². The van der Waals surface area contributed by atoms with Crippen molar-refractivity contribution >= 4 is 10.1 Å². The van der Waals surface area contributed by atoms with Crippen molar-refractivity contribution in [3.05, 3.63) is 29.8 Å². The number of nitrogens with zero attached hydrogens (tertiary/aromatic N) is 1. The molecule has 0 saturated carbocycles. The van der Waals surface area contributed by atoms with E-state index in [1.165, 1.54) is 0 Å². The highest BCUT2D eigenvalue weighted by Gasteiger charge is 2.30. The Morgan fingerprint density at radius 1 is 1.26 bits per heavy atom. The van der Waals surface area contributed by atoms with Crippen molar-refractivity contribution in [2.75, 3.05) is 20.1 Å². The van der Waals surface area contributed by atoms with Crippen LogP contribution < -0.4 is 0 Å². The van der Waals surface area contributed by atoms with Crippen molar-refractivity contribution in [1.29, 1.82) is 0 Å². The molecule has 1 heterocycles. The Balaban J connectivity index is 2.11. The zero-order valence-corrected chi connectivity index (χ0v) is 12.5. The van der Waals surface area contributed by atoms with Crippen LogP contribution in [0, 0.1) is 12.8 Å². The Bertz CT molecular complexity index is 524. The Kier molecular flexibility index (Phi) is 4.28. The van der Waals surface area contributed by atoms with Crippen molar-refractivity contribution in [1.82, 2.24) is 4.90 Å². The molecule has 2 rings (SSSR count). The van der Waals surface area contributed by atoms with Gasteiger partial charge in [0, 0.05) is 13.1 Å². The molecule has 106 valence electrons. The molecule has 4 nitrogen and oxygen atoms in total. The van der Waals surface area contributed by atoms with Crippen LogP contribution in [0.3, 0.4) is 0 Å². The summed E-state index contributed by atoms with van der Waals surface area (Å²) < 4.78 is 29.8. The Morgan fingerprint density at radius 2 is 1.89 bits per heavy atom. The summed E-state index contributed by atoms with van der Waals surface area (Å²) in [4.78, 5) is 2.44. The highest BCUT2D eigenvalue weighted by molar-refractivity contribution is 7.86. The van der Waals surface area contributed by atoms with Gasteiger partial charge in [0.25, 0.3) is 10.1 Å². The third-order valence-corrected chi connectivity index (χ3v) is 4.94. The second kappa shape index (κ2) is 5.61. The first kappa shape index (κ1) is 14.5. The number of hydrogen-bond acceptors (Lipinski definition) is 4. The summed E-state index contributed by atoms with van der Waals surface area (Å²) in [6.45, 7) is 5.70. The molecule has 0 amide bonds. The first-order valence-electron chi connectivity index (χ1n) is 6.57. The third kappa shape index (κ3) is 3.55. The molecule has 0 bridgehead atoms. The second-order valence-corrected chi connectivity index (χ2v) is 7.00. The summed E-state index contributed by atoms with van der Waals surface area (Å²) >= 11 is 0. The molecule has 0 spiro atoms. The van der Waals surface area contributed by atoms with E-state index in [-0.39, 0.29) is 16.9 Å². The molecule has 0 radical (unpaired) electrons. The van der Waals surface area contributed by atoms with E-state index in [4.69, 9.17) is 4.18 Å². The number of piperidine rings is 1. The lowest BCUT2D eigenvalue weighted by atomic mass is 9.97. The van der Waals surface area contributed by atoms with Gasteiger partial charge in [0.2, 0.25) is 0 Å². The lowest BCUT2D eigenvalue weighted by molar-refractivity contribution is 0.0689. The van der Waals surface area contributed by atoms with E-state index in [1.807, 2.05) is 20.9 Å². The van der Waals surface area contributed by atoms with Crippen LogP contribution in [-0.4, -0.2) is 39.6 Å². The number of likely N-dealkylation sites (tertiary alicyclic amines) is 1. The average molecular weight is 283 g/mol. The van der Waals surface area contributed by atoms with Gasteiger partial charge in [-0.05, 0) is 38.4 Å². The van der Waals surface area contributed by atoms with Gasteiger partial charge in [-0.25, -0.2) is 0 Å². The minimum absolute atomic E-state index is 0.220. The third-order valence-electron chi connectivity index (χ3n) is 3.59. The molecule has 0 aromatic heterocycles. The molecule has 1 aromatic rings. The molecule has 1 aromatic carbocycles. The highest BCUT2D eigenvalue weighted by Crippen LogP contribution is 2.24. The van der Waals surface area contributed by atoms with Gasteiger partial charge in [-0.2, -0.15) is 8.42 Å². The average Bonchev–Trinajstić information content (AvgIpc) is 2.33. The quantitative estimate of drug-likeness (QED) is 0.796. The van der Waals surface area contributed by atoms with Crippen molar-refractivity contribution in [2.24, 2.45) is 5.92 Å². The Morgan fingerprint density at radius 3 is 2.47 bits per heavy atom. The lowest BCUT2D eigenvalue weighted by Crippen LogP contribution is -2.41. The molecular formula is C14H21NO3S. The molecule has 2 atom stereocenters. The van der Waals surface area contributed by atoms with Crippen LogP contribution in [0.15, 0.2) is 29.2 Å². The van der Waals surface area contributed by atoms with Crippen molar-refractivity contribution < 1.29 is 12.6 Å². The van der Waals surface area contributed by atoms with Gasteiger partial charge in [-0.3, -0.25) is 4.18 Å². The second-order valence-electron chi connectivity index (χ2n) is 5.43. The van der Waals surface area contributed by atoms with Gasteiger partial charge in [-0.1, -0.05) is 24.6 Å². The summed E-state index contributed by atoms with van der Waals surface area (Å²) in [6.07, 6.45) is 0.533. The van der Waals surface area contributed by atoms with Crippen LogP contribution in [0.1, 0.15) is 18.9 Å². The molecule has 1 saturated heterocycles. The number of rotatable bonds is 3. The zero-order chi connectivity index (χ0) is 14.0. The molecule has 1 aliphatic rings. The number of hydrogen-bond donors (Lipinski definition) is 0. The lowest BCUT2D eigenvalue weighted by Gasteiger charge is -2.33. The van der Waals surface area contributed by atoms with Crippen LogP contribution in [0.2, 0.25) is 0 Å². The monoisotopic (exact) mass is 283 g/mol. The smallest absolute Gasteiger partial charge is 0.297 e. The topological polar surface area (TPSA) is 46.6 Å². The SMILES string of the molecule is Cc1ccc(S(=O)(=O)O[C@H]2CCN(C)C[C@H]2C)cc1. The molecule has 0 N–H and O–H groups in total. The summed E-state index contributed by atoms with van der Waals surface area (Å²) in [5.74, 6) is 0.221.